The lowest BCUT2D eigenvalue weighted by molar-refractivity contribution is -0.142. The van der Waals surface area contributed by atoms with Gasteiger partial charge in [0.25, 0.3) is 0 Å². The molecule has 0 spiro atoms. The van der Waals surface area contributed by atoms with Crippen molar-refractivity contribution in [2.75, 3.05) is 7.11 Å². The van der Waals surface area contributed by atoms with Crippen LogP contribution in [0.1, 0.15) is 6.42 Å². The monoisotopic (exact) mass is 130 g/mol. The average molecular weight is 130 g/mol. The fourth-order valence-electron chi connectivity index (χ4n) is 0.337. The summed E-state index contributed by atoms with van der Waals surface area (Å²) in [5.74, 6) is -0.428. The molecule has 0 bridgehead atoms. The first-order valence-electron chi connectivity index (χ1n) is 2.58. The highest BCUT2D eigenvalue weighted by atomic mass is 16.5. The third-order valence-corrected chi connectivity index (χ3v) is 0.876. The molecule has 0 fully saturated rings. The molecule has 1 N–H and O–H groups in total. The van der Waals surface area contributed by atoms with Crippen LogP contribution in [-0.2, 0) is 9.53 Å². The maximum absolute atomic E-state index is 10.4. The zero-order valence-corrected chi connectivity index (χ0v) is 5.33. The van der Waals surface area contributed by atoms with Crippen molar-refractivity contribution in [3.8, 4) is 0 Å². The van der Waals surface area contributed by atoms with E-state index in [4.69, 9.17) is 5.11 Å². The molecule has 0 aromatic rings. The molecule has 0 aromatic heterocycles. The van der Waals surface area contributed by atoms with Gasteiger partial charge in [0.15, 0.2) is 0 Å². The standard InChI is InChI=1S/C6H10O3/c1-3-5(7)4-6(8)9-2/h3,5,7H,1,4H2,2H3/t5-/m0/s1. The highest BCUT2D eigenvalue weighted by Crippen LogP contribution is 1.92. The molecule has 3 nitrogen and oxygen atoms in total. The zero-order valence-electron chi connectivity index (χ0n) is 5.33. The Kier molecular flexibility index (Phi) is 3.71. The first-order valence-corrected chi connectivity index (χ1v) is 2.58. The lowest BCUT2D eigenvalue weighted by Gasteiger charge is -2.00. The summed E-state index contributed by atoms with van der Waals surface area (Å²) < 4.78 is 4.28. The molecular formula is C6H10O3. The van der Waals surface area contributed by atoms with Crippen LogP contribution in [0.25, 0.3) is 0 Å². The fourth-order valence-corrected chi connectivity index (χ4v) is 0.337. The van der Waals surface area contributed by atoms with E-state index < -0.39 is 12.1 Å². The summed E-state index contributed by atoms with van der Waals surface area (Å²) in [6, 6.07) is 0. The quantitative estimate of drug-likeness (QED) is 0.435. The van der Waals surface area contributed by atoms with Crippen molar-refractivity contribution in [3.05, 3.63) is 12.7 Å². The number of ether oxygens (including phenoxy) is 1. The first-order chi connectivity index (χ1) is 4.20. The molecule has 3 heteroatoms. The van der Waals surface area contributed by atoms with E-state index >= 15 is 0 Å². The number of carbonyl (C=O) groups excluding carboxylic acids is 1. The third kappa shape index (κ3) is 3.73. The lowest BCUT2D eigenvalue weighted by Crippen LogP contribution is -2.11. The Morgan fingerprint density at radius 1 is 2.00 bits per heavy atom. The van der Waals surface area contributed by atoms with Crippen LogP contribution in [0.2, 0.25) is 0 Å². The predicted octanol–water partition coefficient (Wildman–Crippen LogP) is 0.0964. The van der Waals surface area contributed by atoms with Crippen LogP contribution in [0.5, 0.6) is 0 Å². The van der Waals surface area contributed by atoms with Crippen molar-refractivity contribution in [2.24, 2.45) is 0 Å². The molecule has 0 aromatic carbocycles. The number of rotatable bonds is 3. The highest BCUT2D eigenvalue weighted by molar-refractivity contribution is 5.69. The molecule has 52 valence electrons. The van der Waals surface area contributed by atoms with Crippen LogP contribution in [0.4, 0.5) is 0 Å². The minimum atomic E-state index is -0.780. The number of methoxy groups -OCH3 is 1. The Morgan fingerprint density at radius 2 is 2.56 bits per heavy atom. The summed E-state index contributed by atoms with van der Waals surface area (Å²) in [4.78, 5) is 10.4. The van der Waals surface area contributed by atoms with Gasteiger partial charge in [0.05, 0.1) is 19.6 Å². The molecule has 0 aliphatic rings. The highest BCUT2D eigenvalue weighted by Gasteiger charge is 2.05. The second kappa shape index (κ2) is 4.09. The normalized spacial score (nSPS) is 12.2. The Labute approximate surface area is 53.9 Å². The van der Waals surface area contributed by atoms with Gasteiger partial charge >= 0.3 is 5.97 Å². The molecule has 0 radical (unpaired) electrons. The summed E-state index contributed by atoms with van der Waals surface area (Å²) in [5.41, 5.74) is 0. The van der Waals surface area contributed by atoms with Crippen LogP contribution in [0.3, 0.4) is 0 Å². The van der Waals surface area contributed by atoms with Crippen molar-refractivity contribution < 1.29 is 14.6 Å². The van der Waals surface area contributed by atoms with Gasteiger partial charge in [-0.05, 0) is 0 Å². The van der Waals surface area contributed by atoms with Gasteiger partial charge in [-0.25, -0.2) is 0 Å². The SMILES string of the molecule is C=C[C@H](O)CC(=O)OC. The molecule has 0 aliphatic carbocycles. The second-order valence-corrected chi connectivity index (χ2v) is 1.58. The Balaban J connectivity index is 3.46. The molecule has 0 saturated carbocycles. The van der Waals surface area contributed by atoms with Crippen molar-refractivity contribution in [1.82, 2.24) is 0 Å². The molecule has 0 aliphatic heterocycles. The zero-order chi connectivity index (χ0) is 7.28. The van der Waals surface area contributed by atoms with Crippen LogP contribution in [0.15, 0.2) is 12.7 Å². The van der Waals surface area contributed by atoms with Crippen molar-refractivity contribution >= 4 is 5.97 Å². The van der Waals surface area contributed by atoms with Crippen LogP contribution in [0, 0.1) is 0 Å². The summed E-state index contributed by atoms with van der Waals surface area (Å²) in [5, 5.41) is 8.74. The number of aliphatic hydroxyl groups is 1. The van der Waals surface area contributed by atoms with Crippen LogP contribution in [-0.4, -0.2) is 24.3 Å². The molecule has 0 rings (SSSR count). The molecule has 0 unspecified atom stereocenters. The predicted molar refractivity (Wildman–Crippen MR) is 32.8 cm³/mol. The molecule has 0 heterocycles. The van der Waals surface area contributed by atoms with Crippen LogP contribution >= 0.6 is 0 Å². The topological polar surface area (TPSA) is 46.5 Å². The Morgan fingerprint density at radius 3 is 2.89 bits per heavy atom. The molecule has 1 atom stereocenters. The number of hydrogen-bond donors (Lipinski definition) is 1. The third-order valence-electron chi connectivity index (χ3n) is 0.876. The van der Waals surface area contributed by atoms with E-state index in [-0.39, 0.29) is 6.42 Å². The van der Waals surface area contributed by atoms with Crippen LogP contribution < -0.4 is 0 Å². The van der Waals surface area contributed by atoms with Gasteiger partial charge in [-0.2, -0.15) is 0 Å². The number of esters is 1. The smallest absolute Gasteiger partial charge is 0.308 e. The Bertz CT molecular complexity index is 109. The largest absolute Gasteiger partial charge is 0.469 e. The number of aliphatic hydroxyl groups excluding tert-OH is 1. The summed E-state index contributed by atoms with van der Waals surface area (Å²) in [6.45, 7) is 3.29. The van der Waals surface area contributed by atoms with E-state index in [1.165, 1.54) is 13.2 Å². The minimum absolute atomic E-state index is 0.0139. The average Bonchev–Trinajstić information content (AvgIpc) is 1.87. The number of hydrogen-bond acceptors (Lipinski definition) is 3. The van der Waals surface area contributed by atoms with Gasteiger partial charge in [0.1, 0.15) is 0 Å². The molecule has 0 saturated heterocycles. The summed E-state index contributed by atoms with van der Waals surface area (Å²) in [7, 11) is 1.28. The van der Waals surface area contributed by atoms with Gasteiger partial charge in [-0.3, -0.25) is 4.79 Å². The second-order valence-electron chi connectivity index (χ2n) is 1.58. The van der Waals surface area contributed by atoms with E-state index in [2.05, 4.69) is 11.3 Å². The van der Waals surface area contributed by atoms with Gasteiger partial charge < -0.3 is 9.84 Å². The van der Waals surface area contributed by atoms with Crippen molar-refractivity contribution in [2.45, 2.75) is 12.5 Å². The van der Waals surface area contributed by atoms with Gasteiger partial charge in [0.2, 0.25) is 0 Å². The van der Waals surface area contributed by atoms with E-state index in [1.807, 2.05) is 0 Å². The van der Waals surface area contributed by atoms with E-state index in [0.717, 1.165) is 0 Å². The van der Waals surface area contributed by atoms with Crippen molar-refractivity contribution in [3.63, 3.8) is 0 Å². The van der Waals surface area contributed by atoms with Crippen molar-refractivity contribution in [1.29, 1.82) is 0 Å². The van der Waals surface area contributed by atoms with Gasteiger partial charge in [-0.15, -0.1) is 6.58 Å². The van der Waals surface area contributed by atoms with E-state index in [9.17, 15) is 4.79 Å². The first kappa shape index (κ1) is 8.17. The maximum atomic E-state index is 10.4. The van der Waals surface area contributed by atoms with E-state index in [1.54, 1.807) is 0 Å². The number of carbonyl (C=O) groups is 1. The molecule has 0 amide bonds. The van der Waals surface area contributed by atoms with E-state index in [0.29, 0.717) is 0 Å². The van der Waals surface area contributed by atoms with Gasteiger partial charge in [0, 0.05) is 0 Å². The lowest BCUT2D eigenvalue weighted by atomic mass is 10.2. The van der Waals surface area contributed by atoms with Gasteiger partial charge in [-0.1, -0.05) is 6.08 Å². The Hall–Kier alpha value is -0.830. The molecule has 9 heavy (non-hydrogen) atoms. The summed E-state index contributed by atoms with van der Waals surface area (Å²) >= 11 is 0. The fraction of sp³-hybridized carbons (Fsp3) is 0.500. The summed E-state index contributed by atoms with van der Waals surface area (Å²) in [6.07, 6.45) is 0.495. The maximum Gasteiger partial charge on any atom is 0.308 e. The minimum Gasteiger partial charge on any atom is -0.469 e. The molecular weight excluding hydrogens is 120 g/mol.